The van der Waals surface area contributed by atoms with E-state index >= 15 is 0 Å². The van der Waals surface area contributed by atoms with Crippen molar-refractivity contribution in [1.29, 1.82) is 0 Å². The molecule has 0 aliphatic carbocycles. The molecule has 0 spiro atoms. The van der Waals surface area contributed by atoms with Gasteiger partial charge in [0.15, 0.2) is 0 Å². The Balaban J connectivity index is 1.70. The van der Waals surface area contributed by atoms with Crippen LogP contribution in [0.3, 0.4) is 0 Å². The fourth-order valence-electron chi connectivity index (χ4n) is 3.91. The highest BCUT2D eigenvalue weighted by molar-refractivity contribution is 6.30. The summed E-state index contributed by atoms with van der Waals surface area (Å²) in [5.41, 5.74) is 1.24. The summed E-state index contributed by atoms with van der Waals surface area (Å²) in [6, 6.07) is 14.0. The molecular formula is C23H23ClN2O3. The van der Waals surface area contributed by atoms with Crippen molar-refractivity contribution in [1.82, 2.24) is 4.90 Å². The molecule has 1 amide bonds. The van der Waals surface area contributed by atoms with Gasteiger partial charge in [-0.05, 0) is 55.1 Å². The van der Waals surface area contributed by atoms with Crippen LogP contribution >= 0.6 is 11.6 Å². The van der Waals surface area contributed by atoms with E-state index in [4.69, 9.17) is 16.0 Å². The van der Waals surface area contributed by atoms with Gasteiger partial charge in [-0.15, -0.1) is 0 Å². The molecule has 0 unspecified atom stereocenters. The number of fused-ring (bicyclic) bond motifs is 1. The van der Waals surface area contributed by atoms with Gasteiger partial charge in [0.05, 0.1) is 17.5 Å². The molecule has 6 heteroatoms. The standard InChI is InChI=1S/C23H23ClN2O3/c1-15-5-4-12-26(13-15)14-20(27)25-23-21(16-8-10-17(24)11-9-16)22(28)18-6-2-3-7-19(18)29-23/h2-3,6-11,15H,4-5,12-14H2,1H3,(H,25,27)/t15-/m1/s1. The minimum absolute atomic E-state index is 0.172. The van der Waals surface area contributed by atoms with Crippen LogP contribution < -0.4 is 10.7 Å². The first-order valence-electron chi connectivity index (χ1n) is 9.85. The van der Waals surface area contributed by atoms with Gasteiger partial charge in [-0.1, -0.05) is 42.8 Å². The van der Waals surface area contributed by atoms with Gasteiger partial charge in [0.2, 0.25) is 17.2 Å². The number of hydrogen-bond acceptors (Lipinski definition) is 4. The number of nitrogens with zero attached hydrogens (tertiary/aromatic N) is 1. The van der Waals surface area contributed by atoms with Gasteiger partial charge in [-0.2, -0.15) is 0 Å². The van der Waals surface area contributed by atoms with Crippen LogP contribution in [0.2, 0.25) is 5.02 Å². The van der Waals surface area contributed by atoms with Crippen molar-refractivity contribution >= 4 is 34.4 Å². The molecule has 1 saturated heterocycles. The number of likely N-dealkylation sites (tertiary alicyclic amines) is 1. The predicted molar refractivity (Wildman–Crippen MR) is 116 cm³/mol. The second-order valence-electron chi connectivity index (χ2n) is 7.67. The molecule has 0 bridgehead atoms. The van der Waals surface area contributed by atoms with Gasteiger partial charge < -0.3 is 4.42 Å². The summed E-state index contributed by atoms with van der Waals surface area (Å²) < 4.78 is 5.96. The zero-order valence-electron chi connectivity index (χ0n) is 16.3. The van der Waals surface area contributed by atoms with E-state index in [-0.39, 0.29) is 23.8 Å². The van der Waals surface area contributed by atoms with Crippen LogP contribution in [0.4, 0.5) is 5.88 Å². The quantitative estimate of drug-likeness (QED) is 0.672. The van der Waals surface area contributed by atoms with Crippen LogP contribution in [-0.4, -0.2) is 30.4 Å². The highest BCUT2D eigenvalue weighted by Crippen LogP contribution is 2.29. The third-order valence-corrected chi connectivity index (χ3v) is 5.54. The summed E-state index contributed by atoms with van der Waals surface area (Å²) in [4.78, 5) is 28.1. The zero-order valence-corrected chi connectivity index (χ0v) is 17.0. The number of hydrogen-bond donors (Lipinski definition) is 1. The van der Waals surface area contributed by atoms with E-state index < -0.39 is 0 Å². The smallest absolute Gasteiger partial charge is 0.240 e. The number of carbonyl (C=O) groups is 1. The summed E-state index contributed by atoms with van der Waals surface area (Å²) in [6.45, 7) is 4.29. The number of benzene rings is 2. The molecule has 1 aliphatic rings. The lowest BCUT2D eigenvalue weighted by atomic mass is 10.0. The molecule has 1 atom stereocenters. The molecule has 1 aromatic heterocycles. The van der Waals surface area contributed by atoms with Crippen molar-refractivity contribution in [2.75, 3.05) is 25.0 Å². The Labute approximate surface area is 174 Å². The average molecular weight is 411 g/mol. The second-order valence-corrected chi connectivity index (χ2v) is 8.11. The highest BCUT2D eigenvalue weighted by Gasteiger charge is 2.22. The Kier molecular flexibility index (Phi) is 5.69. The number of rotatable bonds is 4. The fraction of sp³-hybridized carbons (Fsp3) is 0.304. The van der Waals surface area contributed by atoms with Crippen LogP contribution in [0.25, 0.3) is 22.1 Å². The van der Waals surface area contributed by atoms with Crippen LogP contribution in [0, 0.1) is 5.92 Å². The Bertz CT molecular complexity index is 1090. The zero-order chi connectivity index (χ0) is 20.4. The van der Waals surface area contributed by atoms with Crippen LogP contribution in [-0.2, 0) is 4.79 Å². The normalized spacial score (nSPS) is 17.4. The van der Waals surface area contributed by atoms with E-state index in [1.54, 1.807) is 48.5 Å². The molecule has 0 saturated carbocycles. The number of anilines is 1. The van der Waals surface area contributed by atoms with E-state index in [1.165, 1.54) is 6.42 Å². The molecule has 1 N–H and O–H groups in total. The SMILES string of the molecule is C[C@@H]1CCCN(CC(=O)Nc2oc3ccccc3c(=O)c2-c2ccc(Cl)cc2)C1. The maximum Gasteiger partial charge on any atom is 0.240 e. The lowest BCUT2D eigenvalue weighted by Crippen LogP contribution is -2.39. The average Bonchev–Trinajstić information content (AvgIpc) is 2.69. The number of nitrogens with one attached hydrogen (secondary N) is 1. The number of carbonyl (C=O) groups excluding carboxylic acids is 1. The number of para-hydroxylation sites is 1. The van der Waals surface area contributed by atoms with Crippen molar-refractivity contribution < 1.29 is 9.21 Å². The molecule has 2 aromatic carbocycles. The van der Waals surface area contributed by atoms with Gasteiger partial charge >= 0.3 is 0 Å². The largest absolute Gasteiger partial charge is 0.439 e. The van der Waals surface area contributed by atoms with Gasteiger partial charge in [0.1, 0.15) is 5.58 Å². The Morgan fingerprint density at radius 2 is 1.97 bits per heavy atom. The minimum atomic E-state index is -0.187. The Morgan fingerprint density at radius 3 is 2.72 bits per heavy atom. The van der Waals surface area contributed by atoms with Gasteiger partial charge in [0.25, 0.3) is 0 Å². The number of amides is 1. The predicted octanol–water partition coefficient (Wildman–Crippen LogP) is 4.78. The van der Waals surface area contributed by atoms with Crippen molar-refractivity contribution in [3.8, 4) is 11.1 Å². The van der Waals surface area contributed by atoms with Gasteiger partial charge in [0, 0.05) is 11.6 Å². The van der Waals surface area contributed by atoms with Crippen LogP contribution in [0.1, 0.15) is 19.8 Å². The van der Waals surface area contributed by atoms with E-state index in [1.807, 2.05) is 0 Å². The summed E-state index contributed by atoms with van der Waals surface area (Å²) >= 11 is 6.00. The van der Waals surface area contributed by atoms with E-state index in [0.29, 0.717) is 33.0 Å². The first kappa shape index (κ1) is 19.7. The lowest BCUT2D eigenvalue weighted by Gasteiger charge is -2.30. The van der Waals surface area contributed by atoms with Crippen LogP contribution in [0.15, 0.2) is 57.7 Å². The van der Waals surface area contributed by atoms with Crippen LogP contribution in [0.5, 0.6) is 0 Å². The number of halogens is 1. The van der Waals surface area contributed by atoms with E-state index in [2.05, 4.69) is 17.1 Å². The topological polar surface area (TPSA) is 62.6 Å². The maximum absolute atomic E-state index is 13.2. The second kappa shape index (κ2) is 8.39. The summed E-state index contributed by atoms with van der Waals surface area (Å²) in [7, 11) is 0. The fourth-order valence-corrected chi connectivity index (χ4v) is 4.03. The number of piperidine rings is 1. The molecular weight excluding hydrogens is 388 g/mol. The minimum Gasteiger partial charge on any atom is -0.439 e. The Morgan fingerprint density at radius 1 is 1.21 bits per heavy atom. The monoisotopic (exact) mass is 410 g/mol. The molecule has 1 aliphatic heterocycles. The van der Waals surface area contributed by atoms with Gasteiger partial charge in [-0.3, -0.25) is 19.8 Å². The third kappa shape index (κ3) is 4.36. The van der Waals surface area contributed by atoms with Gasteiger partial charge in [-0.25, -0.2) is 0 Å². The molecule has 29 heavy (non-hydrogen) atoms. The Hall–Kier alpha value is -2.63. The summed E-state index contributed by atoms with van der Waals surface area (Å²) in [5, 5.41) is 3.88. The lowest BCUT2D eigenvalue weighted by molar-refractivity contribution is -0.117. The third-order valence-electron chi connectivity index (χ3n) is 5.29. The first-order chi connectivity index (χ1) is 14.0. The van der Waals surface area contributed by atoms with Crippen molar-refractivity contribution in [2.24, 2.45) is 5.92 Å². The van der Waals surface area contributed by atoms with Crippen molar-refractivity contribution in [3.05, 3.63) is 63.8 Å². The molecule has 5 nitrogen and oxygen atoms in total. The molecule has 150 valence electrons. The molecule has 1 fully saturated rings. The highest BCUT2D eigenvalue weighted by atomic mass is 35.5. The van der Waals surface area contributed by atoms with Crippen molar-refractivity contribution in [2.45, 2.75) is 19.8 Å². The van der Waals surface area contributed by atoms with Crippen molar-refractivity contribution in [3.63, 3.8) is 0 Å². The van der Waals surface area contributed by atoms with E-state index in [9.17, 15) is 9.59 Å². The molecule has 2 heterocycles. The molecule has 4 rings (SSSR count). The summed E-state index contributed by atoms with van der Waals surface area (Å²) in [5.74, 6) is 0.568. The maximum atomic E-state index is 13.2. The summed E-state index contributed by atoms with van der Waals surface area (Å²) in [6.07, 6.45) is 2.29. The van der Waals surface area contributed by atoms with E-state index in [0.717, 1.165) is 19.5 Å². The molecule has 3 aromatic rings. The first-order valence-corrected chi connectivity index (χ1v) is 10.2. The molecule has 0 radical (unpaired) electrons.